The van der Waals surface area contributed by atoms with Crippen LogP contribution in [0.5, 0.6) is 0 Å². The van der Waals surface area contributed by atoms with Crippen molar-refractivity contribution in [1.82, 2.24) is 20.3 Å². The van der Waals surface area contributed by atoms with Crippen LogP contribution in [0.3, 0.4) is 0 Å². The van der Waals surface area contributed by atoms with Gasteiger partial charge in [0.15, 0.2) is 0 Å². The van der Waals surface area contributed by atoms with Gasteiger partial charge in [-0.15, -0.1) is 0 Å². The molecule has 1 saturated heterocycles. The predicted molar refractivity (Wildman–Crippen MR) is 143 cm³/mol. The van der Waals surface area contributed by atoms with E-state index in [1.165, 1.54) is 0 Å². The molecule has 1 atom stereocenters. The number of hydrogen-bond donors (Lipinski definition) is 1. The number of anilines is 1. The molecule has 0 saturated carbocycles. The number of hydrogen-bond acceptors (Lipinski definition) is 7. The number of rotatable bonds is 4. The van der Waals surface area contributed by atoms with E-state index in [0.717, 1.165) is 52.2 Å². The zero-order valence-corrected chi connectivity index (χ0v) is 21.1. The molecule has 186 valence electrons. The van der Waals surface area contributed by atoms with Gasteiger partial charge in [0.05, 0.1) is 40.1 Å². The molecular formula is C29H28N6O2. The van der Waals surface area contributed by atoms with Gasteiger partial charge in [0, 0.05) is 42.3 Å². The van der Waals surface area contributed by atoms with Crippen LogP contribution in [0.1, 0.15) is 32.8 Å². The monoisotopic (exact) mass is 492 g/mol. The number of pyridine rings is 1. The molecule has 2 aromatic heterocycles. The van der Waals surface area contributed by atoms with Crippen molar-refractivity contribution in [3.8, 4) is 28.6 Å². The smallest absolute Gasteiger partial charge is 0.407 e. The van der Waals surface area contributed by atoms with E-state index in [2.05, 4.69) is 21.3 Å². The van der Waals surface area contributed by atoms with Crippen molar-refractivity contribution in [3.05, 3.63) is 72.6 Å². The van der Waals surface area contributed by atoms with Crippen LogP contribution in [0.15, 0.2) is 67.0 Å². The molecule has 8 heteroatoms. The van der Waals surface area contributed by atoms with E-state index < -0.39 is 5.60 Å². The maximum Gasteiger partial charge on any atom is 0.407 e. The fourth-order valence-corrected chi connectivity index (χ4v) is 4.44. The molecule has 0 aliphatic carbocycles. The number of benzene rings is 2. The summed E-state index contributed by atoms with van der Waals surface area (Å²) in [7, 11) is 0. The van der Waals surface area contributed by atoms with Crippen LogP contribution in [0, 0.1) is 11.3 Å². The Morgan fingerprint density at radius 3 is 2.35 bits per heavy atom. The molecule has 37 heavy (non-hydrogen) atoms. The molecule has 0 bridgehead atoms. The number of ether oxygens (including phenoxy) is 1. The van der Waals surface area contributed by atoms with Crippen LogP contribution < -0.4 is 10.2 Å². The Morgan fingerprint density at radius 2 is 1.68 bits per heavy atom. The number of carbonyl (C=O) groups excluding carboxylic acids is 1. The molecule has 2 aromatic carbocycles. The summed E-state index contributed by atoms with van der Waals surface area (Å²) in [5.74, 6) is 0. The van der Waals surface area contributed by atoms with Gasteiger partial charge >= 0.3 is 6.09 Å². The van der Waals surface area contributed by atoms with Crippen LogP contribution in [0.4, 0.5) is 10.5 Å². The average molecular weight is 493 g/mol. The topological polar surface area (TPSA) is 104 Å². The van der Waals surface area contributed by atoms with Gasteiger partial charge in [-0.3, -0.25) is 4.98 Å². The first-order valence-corrected chi connectivity index (χ1v) is 12.3. The van der Waals surface area contributed by atoms with Gasteiger partial charge in [-0.2, -0.15) is 5.26 Å². The molecule has 8 nitrogen and oxygen atoms in total. The molecule has 1 N–H and O–H groups in total. The van der Waals surface area contributed by atoms with Crippen molar-refractivity contribution < 1.29 is 9.53 Å². The number of fused-ring (bicyclic) bond motifs is 1. The lowest BCUT2D eigenvalue weighted by atomic mass is 10.0. The molecule has 0 radical (unpaired) electrons. The molecule has 5 rings (SSSR count). The van der Waals surface area contributed by atoms with Crippen molar-refractivity contribution >= 4 is 22.8 Å². The summed E-state index contributed by atoms with van der Waals surface area (Å²) in [5, 5.41) is 12.2. The van der Waals surface area contributed by atoms with E-state index >= 15 is 0 Å². The van der Waals surface area contributed by atoms with Gasteiger partial charge in [0.1, 0.15) is 5.60 Å². The number of carbonyl (C=O) groups is 1. The van der Waals surface area contributed by atoms with Crippen LogP contribution in [-0.4, -0.2) is 45.8 Å². The zero-order chi connectivity index (χ0) is 26.0. The van der Waals surface area contributed by atoms with Crippen molar-refractivity contribution in [2.75, 3.05) is 18.0 Å². The fraction of sp³-hybridized carbons (Fsp3) is 0.276. The molecule has 1 amide bonds. The third kappa shape index (κ3) is 5.51. The molecule has 1 aliphatic heterocycles. The third-order valence-electron chi connectivity index (χ3n) is 6.16. The molecule has 1 fully saturated rings. The summed E-state index contributed by atoms with van der Waals surface area (Å²) >= 11 is 0. The van der Waals surface area contributed by atoms with Crippen LogP contribution in [0.25, 0.3) is 33.5 Å². The lowest BCUT2D eigenvalue weighted by molar-refractivity contribution is 0.0509. The maximum atomic E-state index is 12.2. The second-order valence-corrected chi connectivity index (χ2v) is 10.1. The van der Waals surface area contributed by atoms with E-state index in [9.17, 15) is 10.1 Å². The van der Waals surface area contributed by atoms with Crippen molar-refractivity contribution in [1.29, 1.82) is 5.26 Å². The van der Waals surface area contributed by atoms with Gasteiger partial charge in [0.25, 0.3) is 0 Å². The zero-order valence-electron chi connectivity index (χ0n) is 21.1. The summed E-state index contributed by atoms with van der Waals surface area (Å²) < 4.78 is 5.41. The summed E-state index contributed by atoms with van der Waals surface area (Å²) in [6.45, 7) is 7.08. The number of nitrogens with zero attached hydrogens (tertiary/aromatic N) is 5. The molecular weight excluding hydrogens is 464 g/mol. The maximum absolute atomic E-state index is 12.2. The molecule has 0 unspecified atom stereocenters. The van der Waals surface area contributed by atoms with Crippen molar-refractivity contribution in [2.45, 2.75) is 38.8 Å². The Balaban J connectivity index is 1.46. The Labute approximate surface area is 216 Å². The van der Waals surface area contributed by atoms with Gasteiger partial charge in [0.2, 0.25) is 0 Å². The first kappa shape index (κ1) is 24.2. The Hall–Kier alpha value is -4.51. The van der Waals surface area contributed by atoms with Crippen LogP contribution in [-0.2, 0) is 4.74 Å². The minimum Gasteiger partial charge on any atom is -0.444 e. The molecule has 3 heterocycles. The molecule has 1 aliphatic rings. The Morgan fingerprint density at radius 1 is 1.00 bits per heavy atom. The van der Waals surface area contributed by atoms with Crippen LogP contribution in [0.2, 0.25) is 0 Å². The normalized spacial score (nSPS) is 15.4. The largest absolute Gasteiger partial charge is 0.444 e. The van der Waals surface area contributed by atoms with E-state index in [-0.39, 0.29) is 12.1 Å². The lowest BCUT2D eigenvalue weighted by Gasteiger charge is -2.22. The van der Waals surface area contributed by atoms with Gasteiger partial charge < -0.3 is 15.0 Å². The average Bonchev–Trinajstić information content (AvgIpc) is 3.35. The van der Waals surface area contributed by atoms with Gasteiger partial charge in [-0.1, -0.05) is 12.1 Å². The first-order valence-electron chi connectivity index (χ1n) is 12.3. The van der Waals surface area contributed by atoms with E-state index in [0.29, 0.717) is 12.1 Å². The second-order valence-electron chi connectivity index (χ2n) is 10.1. The van der Waals surface area contributed by atoms with Gasteiger partial charge in [-0.05, 0) is 69.7 Å². The van der Waals surface area contributed by atoms with E-state index in [1.807, 2.05) is 63.2 Å². The molecule has 0 spiro atoms. The van der Waals surface area contributed by atoms with Crippen molar-refractivity contribution in [3.63, 3.8) is 0 Å². The summed E-state index contributed by atoms with van der Waals surface area (Å²) in [4.78, 5) is 28.6. The number of nitrogens with one attached hydrogen (secondary N) is 1. The minimum atomic E-state index is -0.527. The summed E-state index contributed by atoms with van der Waals surface area (Å²) in [6, 6.07) is 19.5. The number of amides is 1. The first-order chi connectivity index (χ1) is 17.8. The third-order valence-corrected chi connectivity index (χ3v) is 6.16. The highest BCUT2D eigenvalue weighted by Crippen LogP contribution is 2.32. The van der Waals surface area contributed by atoms with Crippen LogP contribution >= 0.6 is 0 Å². The van der Waals surface area contributed by atoms with E-state index in [4.69, 9.17) is 14.7 Å². The fourth-order valence-electron chi connectivity index (χ4n) is 4.44. The Kier molecular flexibility index (Phi) is 6.45. The SMILES string of the molecule is CC(C)(C)OC(=O)N[C@H]1CCN(c2ccc3nc(-c4ccncc4)c(-c4ccc(C#N)cc4)nc3c2)C1. The van der Waals surface area contributed by atoms with Crippen molar-refractivity contribution in [2.24, 2.45) is 0 Å². The minimum absolute atomic E-state index is 0.0138. The highest BCUT2D eigenvalue weighted by molar-refractivity contribution is 5.88. The summed E-state index contributed by atoms with van der Waals surface area (Å²) in [6.07, 6.45) is 3.92. The second kappa shape index (κ2) is 9.86. The number of nitriles is 1. The number of alkyl carbamates (subject to hydrolysis) is 1. The van der Waals surface area contributed by atoms with E-state index in [1.54, 1.807) is 24.5 Å². The quantitative estimate of drug-likeness (QED) is 0.410. The van der Waals surface area contributed by atoms with Gasteiger partial charge in [-0.25, -0.2) is 14.8 Å². The molecule has 4 aromatic rings. The highest BCUT2D eigenvalue weighted by Gasteiger charge is 2.26. The summed E-state index contributed by atoms with van der Waals surface area (Å²) in [5.41, 5.74) is 5.96. The predicted octanol–water partition coefficient (Wildman–Crippen LogP) is 5.33. The highest BCUT2D eigenvalue weighted by atomic mass is 16.6. The Bertz CT molecular complexity index is 1470. The standard InChI is InChI=1S/C29H28N6O2/c1-29(2,3)37-28(36)32-22-12-15-35(18-22)23-8-9-24-25(16-23)34-26(20-6-4-19(17-30)5-7-20)27(33-24)21-10-13-31-14-11-21/h4-11,13-14,16,22H,12,15,18H2,1-3H3,(H,32,36)/t22-/m0/s1. The number of aromatic nitrogens is 3. The lowest BCUT2D eigenvalue weighted by Crippen LogP contribution is -2.40.